The zero-order chi connectivity index (χ0) is 16.1. The topological polar surface area (TPSA) is 34.2 Å². The number of hydrogen-bond acceptors (Lipinski definition) is 3. The number of likely N-dealkylation sites (N-methyl/N-ethyl adjacent to an activating group) is 1. The maximum atomic E-state index is 13.2. The van der Waals surface area contributed by atoms with E-state index in [1.165, 1.54) is 12.4 Å². The van der Waals surface area contributed by atoms with Gasteiger partial charge in [0, 0.05) is 24.6 Å². The van der Waals surface area contributed by atoms with E-state index in [4.69, 9.17) is 4.74 Å². The molecule has 0 saturated heterocycles. The summed E-state index contributed by atoms with van der Waals surface area (Å²) in [6.45, 7) is 8.41. The van der Waals surface area contributed by atoms with E-state index < -0.39 is 23.4 Å². The fourth-order valence-electron chi connectivity index (χ4n) is 2.47. The second-order valence-corrected chi connectivity index (χ2v) is 5.05. The van der Waals surface area contributed by atoms with Gasteiger partial charge < -0.3 is 10.1 Å². The number of nitrogens with one attached hydrogen (secondary N) is 1. The van der Waals surface area contributed by atoms with Crippen molar-refractivity contribution in [3.8, 4) is 0 Å². The van der Waals surface area contributed by atoms with Crippen LogP contribution in [-0.2, 0) is 10.9 Å². The number of halogens is 3. The molecule has 1 N–H and O–H groups in total. The Balaban J connectivity index is 3.35. The smallest absolute Gasteiger partial charge is 0.374 e. The average Bonchev–Trinajstić information content (AvgIpc) is 2.44. The standard InChI is InChI=1S/C15H23F3N2O/c1-5-14(4,21-7-3)13(20-6-2)11-10-19-9-8-12(11)15(16,17)18/h8-10,13,20H,5-7H2,1-4H3. The van der Waals surface area contributed by atoms with E-state index in [9.17, 15) is 13.2 Å². The first kappa shape index (κ1) is 17.9. The third kappa shape index (κ3) is 4.17. The predicted octanol–water partition coefficient (Wildman–Crippen LogP) is 3.96. The van der Waals surface area contributed by atoms with E-state index in [0.29, 0.717) is 19.6 Å². The molecule has 0 saturated carbocycles. The molecule has 0 spiro atoms. The van der Waals surface area contributed by atoms with Crippen LogP contribution >= 0.6 is 0 Å². The fourth-order valence-corrected chi connectivity index (χ4v) is 2.47. The normalized spacial score (nSPS) is 16.5. The van der Waals surface area contributed by atoms with Crippen LogP contribution in [0.15, 0.2) is 18.5 Å². The Kier molecular flexibility index (Phi) is 6.16. The molecule has 1 aromatic rings. The van der Waals surface area contributed by atoms with Crippen LogP contribution in [-0.4, -0.2) is 23.7 Å². The fraction of sp³-hybridized carbons (Fsp3) is 0.667. The molecule has 21 heavy (non-hydrogen) atoms. The molecule has 1 aromatic heterocycles. The van der Waals surface area contributed by atoms with Gasteiger partial charge in [-0.05, 0) is 32.9 Å². The number of rotatable bonds is 7. The highest BCUT2D eigenvalue weighted by Gasteiger charge is 2.41. The molecule has 2 unspecified atom stereocenters. The van der Waals surface area contributed by atoms with Crippen molar-refractivity contribution < 1.29 is 17.9 Å². The molecule has 1 rings (SSSR count). The van der Waals surface area contributed by atoms with Crippen molar-refractivity contribution >= 4 is 0 Å². The first-order valence-electron chi connectivity index (χ1n) is 7.18. The molecule has 120 valence electrons. The Morgan fingerprint density at radius 2 is 1.95 bits per heavy atom. The van der Waals surface area contributed by atoms with Crippen LogP contribution in [0.5, 0.6) is 0 Å². The first-order chi connectivity index (χ1) is 9.80. The average molecular weight is 304 g/mol. The lowest BCUT2D eigenvalue weighted by atomic mass is 9.86. The molecule has 1 heterocycles. The highest BCUT2D eigenvalue weighted by Crippen LogP contribution is 2.39. The Morgan fingerprint density at radius 3 is 2.43 bits per heavy atom. The predicted molar refractivity (Wildman–Crippen MR) is 76.0 cm³/mol. The van der Waals surface area contributed by atoms with Gasteiger partial charge in [-0.1, -0.05) is 13.8 Å². The van der Waals surface area contributed by atoms with Crippen molar-refractivity contribution in [3.05, 3.63) is 29.6 Å². The number of alkyl halides is 3. The summed E-state index contributed by atoms with van der Waals surface area (Å²) in [6, 6.07) is 0.444. The maximum absolute atomic E-state index is 13.2. The lowest BCUT2D eigenvalue weighted by Crippen LogP contribution is -2.44. The zero-order valence-electron chi connectivity index (χ0n) is 12.9. The Morgan fingerprint density at radius 1 is 1.29 bits per heavy atom. The number of hydrogen-bond donors (Lipinski definition) is 1. The van der Waals surface area contributed by atoms with Gasteiger partial charge >= 0.3 is 6.18 Å². The monoisotopic (exact) mass is 304 g/mol. The van der Waals surface area contributed by atoms with Crippen LogP contribution in [0, 0.1) is 0 Å². The largest absolute Gasteiger partial charge is 0.416 e. The first-order valence-corrected chi connectivity index (χ1v) is 7.18. The number of ether oxygens (including phenoxy) is 1. The van der Waals surface area contributed by atoms with E-state index in [1.54, 1.807) is 0 Å². The summed E-state index contributed by atoms with van der Waals surface area (Å²) >= 11 is 0. The van der Waals surface area contributed by atoms with Crippen molar-refractivity contribution in [2.75, 3.05) is 13.2 Å². The van der Waals surface area contributed by atoms with E-state index in [-0.39, 0.29) is 5.56 Å². The number of pyridine rings is 1. The van der Waals surface area contributed by atoms with Gasteiger partial charge in [0.2, 0.25) is 0 Å². The summed E-state index contributed by atoms with van der Waals surface area (Å²) in [4.78, 5) is 3.87. The van der Waals surface area contributed by atoms with Gasteiger partial charge in [0.15, 0.2) is 0 Å². The third-order valence-electron chi connectivity index (χ3n) is 3.66. The summed E-state index contributed by atoms with van der Waals surface area (Å²) in [5, 5.41) is 3.12. The maximum Gasteiger partial charge on any atom is 0.416 e. The summed E-state index contributed by atoms with van der Waals surface area (Å²) < 4.78 is 45.4. The molecule has 0 bridgehead atoms. The Labute approximate surface area is 123 Å². The van der Waals surface area contributed by atoms with Gasteiger partial charge in [-0.2, -0.15) is 13.2 Å². The highest BCUT2D eigenvalue weighted by molar-refractivity contribution is 5.31. The molecule has 3 nitrogen and oxygen atoms in total. The lowest BCUT2D eigenvalue weighted by molar-refractivity contribution is -0.139. The van der Waals surface area contributed by atoms with Gasteiger partial charge in [-0.25, -0.2) is 0 Å². The molecule has 0 aliphatic rings. The highest BCUT2D eigenvalue weighted by atomic mass is 19.4. The Bertz CT molecular complexity index is 451. The van der Waals surface area contributed by atoms with Gasteiger partial charge in [-0.15, -0.1) is 0 Å². The summed E-state index contributed by atoms with van der Waals surface area (Å²) in [6.07, 6.45) is -1.38. The second-order valence-electron chi connectivity index (χ2n) is 5.05. The van der Waals surface area contributed by atoms with Crippen molar-refractivity contribution in [1.82, 2.24) is 10.3 Å². The quantitative estimate of drug-likeness (QED) is 0.828. The van der Waals surface area contributed by atoms with Crippen molar-refractivity contribution in [3.63, 3.8) is 0 Å². The molecule has 0 fully saturated rings. The summed E-state index contributed by atoms with van der Waals surface area (Å²) in [7, 11) is 0. The van der Waals surface area contributed by atoms with Crippen LogP contribution in [0.25, 0.3) is 0 Å². The molecular weight excluding hydrogens is 281 g/mol. The van der Waals surface area contributed by atoms with Crippen molar-refractivity contribution in [1.29, 1.82) is 0 Å². The molecule has 0 aliphatic heterocycles. The molecule has 0 radical (unpaired) electrons. The van der Waals surface area contributed by atoms with E-state index in [1.807, 2.05) is 27.7 Å². The lowest BCUT2D eigenvalue weighted by Gasteiger charge is -2.38. The molecule has 6 heteroatoms. The minimum absolute atomic E-state index is 0.129. The van der Waals surface area contributed by atoms with E-state index >= 15 is 0 Å². The van der Waals surface area contributed by atoms with Crippen LogP contribution in [0.4, 0.5) is 13.2 Å². The SMILES string of the molecule is CCNC(c1cnccc1C(F)(F)F)C(C)(CC)OCC. The molecule has 0 aromatic carbocycles. The number of nitrogens with zero attached hydrogens (tertiary/aromatic N) is 1. The zero-order valence-corrected chi connectivity index (χ0v) is 12.9. The van der Waals surface area contributed by atoms with Gasteiger partial charge in [0.05, 0.1) is 17.2 Å². The molecular formula is C15H23F3N2O. The second kappa shape index (κ2) is 7.22. The van der Waals surface area contributed by atoms with Crippen LogP contribution in [0.1, 0.15) is 51.3 Å². The molecule has 0 amide bonds. The van der Waals surface area contributed by atoms with E-state index in [2.05, 4.69) is 10.3 Å². The number of aromatic nitrogens is 1. The van der Waals surface area contributed by atoms with Gasteiger partial charge in [-0.3, -0.25) is 4.98 Å². The minimum Gasteiger partial charge on any atom is -0.374 e. The van der Waals surface area contributed by atoms with Crippen LogP contribution in [0.2, 0.25) is 0 Å². The van der Waals surface area contributed by atoms with Crippen molar-refractivity contribution in [2.24, 2.45) is 0 Å². The molecule has 2 atom stereocenters. The minimum atomic E-state index is -4.41. The summed E-state index contributed by atoms with van der Waals surface area (Å²) in [5.41, 5.74) is -1.26. The van der Waals surface area contributed by atoms with Gasteiger partial charge in [0.25, 0.3) is 0 Å². The van der Waals surface area contributed by atoms with Gasteiger partial charge in [0.1, 0.15) is 0 Å². The molecule has 0 aliphatic carbocycles. The van der Waals surface area contributed by atoms with Crippen molar-refractivity contribution in [2.45, 2.75) is 51.9 Å². The third-order valence-corrected chi connectivity index (χ3v) is 3.66. The van der Waals surface area contributed by atoms with E-state index in [0.717, 1.165) is 6.07 Å². The Hall–Kier alpha value is -1.14. The van der Waals surface area contributed by atoms with Crippen LogP contribution < -0.4 is 5.32 Å². The van der Waals surface area contributed by atoms with Crippen LogP contribution in [0.3, 0.4) is 0 Å². The summed E-state index contributed by atoms with van der Waals surface area (Å²) in [5.74, 6) is 0.